The third kappa shape index (κ3) is 4.67. The number of nitrogens with zero attached hydrogens (tertiary/aromatic N) is 1. The fraction of sp³-hybridized carbons (Fsp3) is 0.381. The van der Waals surface area contributed by atoms with Gasteiger partial charge in [-0.1, -0.05) is 6.07 Å². The Morgan fingerprint density at radius 3 is 2.50 bits per heavy atom. The number of hydrogen-bond donors (Lipinski definition) is 2. The zero-order chi connectivity index (χ0) is 19.9. The van der Waals surface area contributed by atoms with Gasteiger partial charge in [-0.25, -0.2) is 4.79 Å². The van der Waals surface area contributed by atoms with Crippen molar-refractivity contribution in [1.29, 1.82) is 0 Å². The van der Waals surface area contributed by atoms with E-state index in [1.165, 1.54) is 7.11 Å². The molecule has 1 aliphatic rings. The van der Waals surface area contributed by atoms with Crippen molar-refractivity contribution < 1.29 is 19.0 Å². The summed E-state index contributed by atoms with van der Waals surface area (Å²) >= 11 is 0. The number of anilines is 3. The molecule has 1 saturated heterocycles. The van der Waals surface area contributed by atoms with E-state index in [0.717, 1.165) is 31.6 Å². The van der Waals surface area contributed by atoms with Gasteiger partial charge in [0.1, 0.15) is 0 Å². The van der Waals surface area contributed by atoms with Crippen molar-refractivity contribution in [2.75, 3.05) is 50.0 Å². The summed E-state index contributed by atoms with van der Waals surface area (Å²) in [6.45, 7) is 1.90. The number of benzene rings is 2. The van der Waals surface area contributed by atoms with Gasteiger partial charge >= 0.3 is 6.03 Å². The number of methoxy groups -OCH3 is 3. The largest absolute Gasteiger partial charge is 0.493 e. The average molecular weight is 385 g/mol. The SMILES string of the molecule is COc1cccc(NC(=O)Nc2ccc(N3CCC[C@@H](OC)C3)cc2)c1OC. The number of urea groups is 1. The maximum Gasteiger partial charge on any atom is 0.323 e. The zero-order valence-electron chi connectivity index (χ0n) is 16.5. The minimum Gasteiger partial charge on any atom is -0.493 e. The van der Waals surface area contributed by atoms with E-state index in [1.54, 1.807) is 32.4 Å². The number of carbonyl (C=O) groups is 1. The molecule has 3 rings (SSSR count). The van der Waals surface area contributed by atoms with Gasteiger partial charge in [0.2, 0.25) is 0 Å². The van der Waals surface area contributed by atoms with E-state index in [0.29, 0.717) is 22.9 Å². The molecule has 1 heterocycles. The van der Waals surface area contributed by atoms with Crippen molar-refractivity contribution in [2.45, 2.75) is 18.9 Å². The summed E-state index contributed by atoms with van der Waals surface area (Å²) in [4.78, 5) is 14.7. The Balaban J connectivity index is 1.62. The van der Waals surface area contributed by atoms with Gasteiger partial charge in [0.15, 0.2) is 11.5 Å². The number of piperidine rings is 1. The van der Waals surface area contributed by atoms with E-state index in [4.69, 9.17) is 14.2 Å². The third-order valence-electron chi connectivity index (χ3n) is 4.85. The van der Waals surface area contributed by atoms with Gasteiger partial charge in [-0.3, -0.25) is 0 Å². The molecule has 150 valence electrons. The van der Waals surface area contributed by atoms with Crippen LogP contribution >= 0.6 is 0 Å². The number of rotatable bonds is 6. The maximum atomic E-state index is 12.4. The highest BCUT2D eigenvalue weighted by Crippen LogP contribution is 2.34. The lowest BCUT2D eigenvalue weighted by atomic mass is 10.1. The molecule has 2 aromatic rings. The van der Waals surface area contributed by atoms with E-state index in [9.17, 15) is 4.79 Å². The number of ether oxygens (including phenoxy) is 3. The lowest BCUT2D eigenvalue weighted by molar-refractivity contribution is 0.0893. The first-order valence-corrected chi connectivity index (χ1v) is 9.31. The van der Waals surface area contributed by atoms with Gasteiger partial charge < -0.3 is 29.7 Å². The van der Waals surface area contributed by atoms with Crippen molar-refractivity contribution in [3.05, 3.63) is 42.5 Å². The molecule has 0 unspecified atom stereocenters. The number of amides is 2. The third-order valence-corrected chi connectivity index (χ3v) is 4.85. The van der Waals surface area contributed by atoms with Gasteiger partial charge in [0.05, 0.1) is 26.0 Å². The molecule has 2 amide bonds. The van der Waals surface area contributed by atoms with Crippen LogP contribution in [0.5, 0.6) is 11.5 Å². The van der Waals surface area contributed by atoms with E-state index < -0.39 is 0 Å². The molecule has 0 spiro atoms. The van der Waals surface area contributed by atoms with E-state index in [1.807, 2.05) is 24.3 Å². The first kappa shape index (κ1) is 19.8. The summed E-state index contributed by atoms with van der Waals surface area (Å²) < 4.78 is 16.1. The van der Waals surface area contributed by atoms with Crippen molar-refractivity contribution in [3.8, 4) is 11.5 Å². The second-order valence-corrected chi connectivity index (χ2v) is 6.61. The van der Waals surface area contributed by atoms with Crippen LogP contribution in [-0.2, 0) is 4.74 Å². The first-order valence-electron chi connectivity index (χ1n) is 9.31. The summed E-state index contributed by atoms with van der Waals surface area (Å²) in [6, 6.07) is 12.8. The Bertz CT molecular complexity index is 795. The van der Waals surface area contributed by atoms with Crippen molar-refractivity contribution >= 4 is 23.1 Å². The van der Waals surface area contributed by atoms with Crippen LogP contribution in [0.4, 0.5) is 21.9 Å². The Kier molecular flexibility index (Phi) is 6.60. The molecule has 1 aliphatic heterocycles. The predicted molar refractivity (Wildman–Crippen MR) is 111 cm³/mol. The van der Waals surface area contributed by atoms with Crippen LogP contribution in [0.3, 0.4) is 0 Å². The average Bonchev–Trinajstić information content (AvgIpc) is 2.74. The number of carbonyl (C=O) groups excluding carboxylic acids is 1. The minimum absolute atomic E-state index is 0.273. The van der Waals surface area contributed by atoms with Crippen LogP contribution in [0, 0.1) is 0 Å². The van der Waals surface area contributed by atoms with Gasteiger partial charge in [-0.05, 0) is 49.2 Å². The molecule has 0 bridgehead atoms. The van der Waals surface area contributed by atoms with E-state index in [-0.39, 0.29) is 12.1 Å². The molecule has 0 aliphatic carbocycles. The van der Waals surface area contributed by atoms with Crippen molar-refractivity contribution in [2.24, 2.45) is 0 Å². The molecule has 28 heavy (non-hydrogen) atoms. The monoisotopic (exact) mass is 385 g/mol. The van der Waals surface area contributed by atoms with Crippen LogP contribution in [0.1, 0.15) is 12.8 Å². The van der Waals surface area contributed by atoms with Crippen LogP contribution < -0.4 is 25.0 Å². The van der Waals surface area contributed by atoms with Crippen LogP contribution in [-0.4, -0.2) is 46.6 Å². The summed E-state index contributed by atoms with van der Waals surface area (Å²) in [5.41, 5.74) is 2.38. The molecule has 0 aromatic heterocycles. The van der Waals surface area contributed by atoms with Crippen molar-refractivity contribution in [1.82, 2.24) is 0 Å². The van der Waals surface area contributed by atoms with E-state index >= 15 is 0 Å². The minimum atomic E-state index is -0.350. The lowest BCUT2D eigenvalue weighted by Crippen LogP contribution is -2.39. The topological polar surface area (TPSA) is 72.1 Å². The van der Waals surface area contributed by atoms with Crippen LogP contribution in [0.25, 0.3) is 0 Å². The smallest absolute Gasteiger partial charge is 0.323 e. The molecule has 0 saturated carbocycles. The molecule has 2 N–H and O–H groups in total. The molecule has 1 atom stereocenters. The highest BCUT2D eigenvalue weighted by molar-refractivity contribution is 6.01. The summed E-state index contributed by atoms with van der Waals surface area (Å²) in [7, 11) is 4.85. The molecule has 7 heteroatoms. The first-order chi connectivity index (χ1) is 13.6. The number of para-hydroxylation sites is 1. The predicted octanol–water partition coefficient (Wildman–Crippen LogP) is 3.96. The Labute approximate surface area is 165 Å². The molecular weight excluding hydrogens is 358 g/mol. The van der Waals surface area contributed by atoms with E-state index in [2.05, 4.69) is 15.5 Å². The Hall–Kier alpha value is -2.93. The Morgan fingerprint density at radius 2 is 1.82 bits per heavy atom. The van der Waals surface area contributed by atoms with Gasteiger partial charge in [-0.2, -0.15) is 0 Å². The summed E-state index contributed by atoms with van der Waals surface area (Å²) in [5.74, 6) is 1.04. The lowest BCUT2D eigenvalue weighted by Gasteiger charge is -2.33. The van der Waals surface area contributed by atoms with Crippen LogP contribution in [0.2, 0.25) is 0 Å². The zero-order valence-corrected chi connectivity index (χ0v) is 16.5. The van der Waals surface area contributed by atoms with Gasteiger partial charge in [0.25, 0.3) is 0 Å². The van der Waals surface area contributed by atoms with Crippen LogP contribution in [0.15, 0.2) is 42.5 Å². The molecule has 7 nitrogen and oxygen atoms in total. The quantitative estimate of drug-likeness (QED) is 0.787. The standard InChI is InChI=1S/C21H27N3O4/c1-26-17-6-5-13-24(14-17)16-11-9-15(10-12-16)22-21(25)23-18-7-4-8-19(27-2)20(18)28-3/h4,7-12,17H,5-6,13-14H2,1-3H3,(H2,22,23,25)/t17-/m1/s1. The molecular formula is C21H27N3O4. The Morgan fingerprint density at radius 1 is 1.04 bits per heavy atom. The molecule has 1 fully saturated rings. The van der Waals surface area contributed by atoms with Gasteiger partial charge in [-0.15, -0.1) is 0 Å². The number of nitrogens with one attached hydrogen (secondary N) is 2. The highest BCUT2D eigenvalue weighted by Gasteiger charge is 2.19. The maximum absolute atomic E-state index is 12.4. The summed E-state index contributed by atoms with van der Waals surface area (Å²) in [5, 5.41) is 5.63. The second-order valence-electron chi connectivity index (χ2n) is 6.61. The highest BCUT2D eigenvalue weighted by atomic mass is 16.5. The molecule has 0 radical (unpaired) electrons. The second kappa shape index (κ2) is 9.32. The fourth-order valence-corrected chi connectivity index (χ4v) is 3.39. The summed E-state index contributed by atoms with van der Waals surface area (Å²) in [6.07, 6.45) is 2.49. The normalized spacial score (nSPS) is 16.4. The van der Waals surface area contributed by atoms with Crippen molar-refractivity contribution in [3.63, 3.8) is 0 Å². The fourth-order valence-electron chi connectivity index (χ4n) is 3.39. The molecule has 2 aromatic carbocycles. The van der Waals surface area contributed by atoms with Gasteiger partial charge in [0, 0.05) is 31.6 Å². The number of hydrogen-bond acceptors (Lipinski definition) is 5.